The lowest BCUT2D eigenvalue weighted by molar-refractivity contribution is -0.264. The van der Waals surface area contributed by atoms with Gasteiger partial charge < -0.3 is 9.47 Å². The Hall–Kier alpha value is -0.0800. The third-order valence-electron chi connectivity index (χ3n) is 2.94. The molecule has 0 aromatic carbocycles. The Balaban J connectivity index is 1.99. The van der Waals surface area contributed by atoms with Crippen molar-refractivity contribution in [1.29, 1.82) is 0 Å². The molecule has 0 aromatic rings. The first-order chi connectivity index (χ1) is 5.67. The summed E-state index contributed by atoms with van der Waals surface area (Å²) in [7, 11) is 0. The van der Waals surface area contributed by atoms with Gasteiger partial charge in [0.1, 0.15) is 0 Å². The maximum absolute atomic E-state index is 5.86. The maximum atomic E-state index is 5.86. The van der Waals surface area contributed by atoms with Crippen LogP contribution in [0.2, 0.25) is 0 Å². The van der Waals surface area contributed by atoms with E-state index in [0.717, 1.165) is 6.61 Å². The number of hydrogen-bond donors (Lipinski definition) is 0. The van der Waals surface area contributed by atoms with Crippen molar-refractivity contribution in [3.63, 3.8) is 0 Å². The van der Waals surface area contributed by atoms with Crippen molar-refractivity contribution >= 4 is 0 Å². The molecule has 0 aromatic heterocycles. The van der Waals surface area contributed by atoms with Crippen LogP contribution in [0.3, 0.4) is 0 Å². The maximum Gasteiger partial charge on any atom is 0.161 e. The fraction of sp³-hybridized carbons (Fsp3) is 1.00. The van der Waals surface area contributed by atoms with Gasteiger partial charge in [0.15, 0.2) is 6.29 Å². The highest BCUT2D eigenvalue weighted by Gasteiger charge is 2.37. The van der Waals surface area contributed by atoms with Crippen molar-refractivity contribution in [2.45, 2.75) is 51.4 Å². The predicted molar refractivity (Wildman–Crippen MR) is 46.9 cm³/mol. The summed E-state index contributed by atoms with van der Waals surface area (Å²) in [5.74, 6) is 0.673. The molecule has 0 spiro atoms. The molecule has 2 nitrogen and oxygen atoms in total. The minimum atomic E-state index is 0.0402. The van der Waals surface area contributed by atoms with E-state index in [1.807, 2.05) is 0 Å². The average molecular weight is 170 g/mol. The summed E-state index contributed by atoms with van der Waals surface area (Å²) in [5, 5.41) is 0. The van der Waals surface area contributed by atoms with Gasteiger partial charge in [-0.1, -0.05) is 0 Å². The molecule has 2 heteroatoms. The zero-order valence-corrected chi connectivity index (χ0v) is 8.01. The Morgan fingerprint density at radius 2 is 2.08 bits per heavy atom. The molecule has 70 valence electrons. The Bertz CT molecular complexity index is 165. The van der Waals surface area contributed by atoms with Crippen LogP contribution in [0, 0.1) is 5.92 Å². The largest absolute Gasteiger partial charge is 0.352 e. The lowest BCUT2D eigenvalue weighted by Gasteiger charge is -2.43. The topological polar surface area (TPSA) is 18.5 Å². The predicted octanol–water partition coefficient (Wildman–Crippen LogP) is 2.33. The first-order valence-corrected chi connectivity index (χ1v) is 4.97. The van der Waals surface area contributed by atoms with E-state index in [1.165, 1.54) is 25.7 Å². The van der Waals surface area contributed by atoms with Gasteiger partial charge in [0.05, 0.1) is 5.60 Å². The van der Waals surface area contributed by atoms with E-state index >= 15 is 0 Å². The molecule has 0 radical (unpaired) electrons. The summed E-state index contributed by atoms with van der Waals surface area (Å²) in [4.78, 5) is 0. The standard InChI is InChI=1S/C10H18O2/c1-10(2)6-5-8-4-3-7-11-9(8)12-10/h8-9H,3-7H2,1-2H3/t8-,9+/m0/s1. The fourth-order valence-electron chi connectivity index (χ4n) is 2.13. The number of ether oxygens (including phenoxy) is 2. The fourth-order valence-corrected chi connectivity index (χ4v) is 2.13. The van der Waals surface area contributed by atoms with Crippen molar-refractivity contribution in [3.05, 3.63) is 0 Å². The van der Waals surface area contributed by atoms with Crippen LogP contribution in [-0.2, 0) is 9.47 Å². The van der Waals surface area contributed by atoms with E-state index in [2.05, 4.69) is 13.8 Å². The third-order valence-corrected chi connectivity index (χ3v) is 2.94. The van der Waals surface area contributed by atoms with Crippen molar-refractivity contribution < 1.29 is 9.47 Å². The van der Waals surface area contributed by atoms with E-state index < -0.39 is 0 Å². The molecular weight excluding hydrogens is 152 g/mol. The van der Waals surface area contributed by atoms with Crippen LogP contribution in [0.25, 0.3) is 0 Å². The van der Waals surface area contributed by atoms with Crippen LogP contribution in [0.4, 0.5) is 0 Å². The summed E-state index contributed by atoms with van der Waals surface area (Å²) in [6, 6.07) is 0. The summed E-state index contributed by atoms with van der Waals surface area (Å²) < 4.78 is 11.5. The molecule has 0 aliphatic carbocycles. The SMILES string of the molecule is CC1(C)CC[C@@H]2CCCO[C@@H]2O1. The minimum Gasteiger partial charge on any atom is -0.352 e. The highest BCUT2D eigenvalue weighted by molar-refractivity contribution is 4.81. The van der Waals surface area contributed by atoms with Gasteiger partial charge >= 0.3 is 0 Å². The summed E-state index contributed by atoms with van der Waals surface area (Å²) in [6.07, 6.45) is 5.06. The summed E-state index contributed by atoms with van der Waals surface area (Å²) >= 11 is 0. The molecule has 0 saturated carbocycles. The smallest absolute Gasteiger partial charge is 0.161 e. The molecule has 2 aliphatic heterocycles. The second-order valence-electron chi connectivity index (χ2n) is 4.56. The Morgan fingerprint density at radius 1 is 1.25 bits per heavy atom. The van der Waals surface area contributed by atoms with Crippen molar-refractivity contribution in [2.24, 2.45) is 5.92 Å². The van der Waals surface area contributed by atoms with Crippen LogP contribution < -0.4 is 0 Å². The van der Waals surface area contributed by atoms with Crippen LogP contribution in [0.1, 0.15) is 39.5 Å². The molecule has 0 amide bonds. The molecule has 2 saturated heterocycles. The van der Waals surface area contributed by atoms with E-state index in [4.69, 9.17) is 9.47 Å². The molecule has 0 bridgehead atoms. The molecule has 2 aliphatic rings. The quantitative estimate of drug-likeness (QED) is 0.555. The first kappa shape index (κ1) is 8.52. The second kappa shape index (κ2) is 3.00. The lowest BCUT2D eigenvalue weighted by Crippen LogP contribution is -2.44. The van der Waals surface area contributed by atoms with E-state index in [1.54, 1.807) is 0 Å². The van der Waals surface area contributed by atoms with Crippen molar-refractivity contribution in [3.8, 4) is 0 Å². The van der Waals surface area contributed by atoms with Gasteiger partial charge in [-0.25, -0.2) is 0 Å². The molecule has 0 unspecified atom stereocenters. The van der Waals surface area contributed by atoms with E-state index in [9.17, 15) is 0 Å². The summed E-state index contributed by atoms with van der Waals surface area (Å²) in [6.45, 7) is 5.19. The van der Waals surface area contributed by atoms with E-state index in [-0.39, 0.29) is 11.9 Å². The average Bonchev–Trinajstić information content (AvgIpc) is 2.02. The lowest BCUT2D eigenvalue weighted by atomic mass is 9.87. The zero-order valence-electron chi connectivity index (χ0n) is 8.01. The summed E-state index contributed by atoms with van der Waals surface area (Å²) in [5.41, 5.74) is 0.0402. The van der Waals surface area contributed by atoms with Crippen LogP contribution in [0.5, 0.6) is 0 Å². The Labute approximate surface area is 74.2 Å². The molecular formula is C10H18O2. The normalized spacial score (nSPS) is 40.5. The van der Waals surface area contributed by atoms with Gasteiger partial charge in [0.2, 0.25) is 0 Å². The van der Waals surface area contributed by atoms with Gasteiger partial charge in [-0.15, -0.1) is 0 Å². The monoisotopic (exact) mass is 170 g/mol. The van der Waals surface area contributed by atoms with Crippen molar-refractivity contribution in [2.75, 3.05) is 6.61 Å². The van der Waals surface area contributed by atoms with Crippen molar-refractivity contribution in [1.82, 2.24) is 0 Å². The minimum absolute atomic E-state index is 0.0402. The molecule has 12 heavy (non-hydrogen) atoms. The molecule has 2 heterocycles. The highest BCUT2D eigenvalue weighted by atomic mass is 16.7. The van der Waals surface area contributed by atoms with E-state index in [0.29, 0.717) is 5.92 Å². The Morgan fingerprint density at radius 3 is 2.92 bits per heavy atom. The Kier molecular flexibility index (Phi) is 2.13. The third kappa shape index (κ3) is 1.64. The number of rotatable bonds is 0. The van der Waals surface area contributed by atoms with Gasteiger partial charge in [-0.2, -0.15) is 0 Å². The first-order valence-electron chi connectivity index (χ1n) is 4.97. The van der Waals surface area contributed by atoms with Gasteiger partial charge in [0, 0.05) is 12.5 Å². The molecule has 2 rings (SSSR count). The highest BCUT2D eigenvalue weighted by Crippen LogP contribution is 2.36. The van der Waals surface area contributed by atoms with Gasteiger partial charge in [0.25, 0.3) is 0 Å². The van der Waals surface area contributed by atoms with Gasteiger partial charge in [-0.3, -0.25) is 0 Å². The van der Waals surface area contributed by atoms with Crippen LogP contribution in [0.15, 0.2) is 0 Å². The number of hydrogen-bond acceptors (Lipinski definition) is 2. The number of fused-ring (bicyclic) bond motifs is 1. The molecule has 2 atom stereocenters. The molecule has 2 fully saturated rings. The van der Waals surface area contributed by atoms with Gasteiger partial charge in [-0.05, 0) is 39.5 Å². The molecule has 0 N–H and O–H groups in total. The second-order valence-corrected chi connectivity index (χ2v) is 4.56. The zero-order chi connectivity index (χ0) is 8.60. The van der Waals surface area contributed by atoms with Crippen LogP contribution >= 0.6 is 0 Å². The van der Waals surface area contributed by atoms with Crippen LogP contribution in [-0.4, -0.2) is 18.5 Å².